The van der Waals surface area contributed by atoms with Crippen LogP contribution in [-0.4, -0.2) is 18.1 Å². The SMILES string of the molecule is CCC1=N[C@H](CP(c2ccccc2)c2ccccc2)[C@@H](c2ccccc2)O1. The largest absolute Gasteiger partial charge is 0.471 e. The van der Waals surface area contributed by atoms with Crippen LogP contribution < -0.4 is 10.6 Å². The predicted molar refractivity (Wildman–Crippen MR) is 116 cm³/mol. The van der Waals surface area contributed by atoms with Crippen LogP contribution in [0.5, 0.6) is 0 Å². The van der Waals surface area contributed by atoms with Crippen LogP contribution in [0.3, 0.4) is 0 Å². The quantitative estimate of drug-likeness (QED) is 0.553. The molecule has 2 atom stereocenters. The maximum atomic E-state index is 6.24. The molecule has 0 N–H and O–H groups in total. The van der Waals surface area contributed by atoms with Gasteiger partial charge in [-0.3, -0.25) is 0 Å². The molecule has 3 aromatic rings. The number of nitrogens with zero attached hydrogens (tertiary/aromatic N) is 1. The van der Waals surface area contributed by atoms with Crippen molar-refractivity contribution in [2.45, 2.75) is 25.5 Å². The minimum absolute atomic E-state index is 0.0126. The Morgan fingerprint density at radius 3 is 1.81 bits per heavy atom. The molecule has 0 fully saturated rings. The first-order chi connectivity index (χ1) is 13.3. The number of aliphatic imine (C=N–C) groups is 1. The predicted octanol–water partition coefficient (Wildman–Crippen LogP) is 5.07. The average Bonchev–Trinajstić information content (AvgIpc) is 3.17. The molecule has 2 nitrogen and oxygen atoms in total. The fourth-order valence-electron chi connectivity index (χ4n) is 3.52. The van der Waals surface area contributed by atoms with E-state index in [0.29, 0.717) is 0 Å². The lowest BCUT2D eigenvalue weighted by molar-refractivity contribution is 0.199. The minimum Gasteiger partial charge on any atom is -0.471 e. The van der Waals surface area contributed by atoms with Gasteiger partial charge in [0.1, 0.15) is 6.10 Å². The van der Waals surface area contributed by atoms with Crippen LogP contribution in [0.1, 0.15) is 25.0 Å². The van der Waals surface area contributed by atoms with Crippen molar-refractivity contribution in [1.82, 2.24) is 0 Å². The highest BCUT2D eigenvalue weighted by molar-refractivity contribution is 7.73. The zero-order valence-electron chi connectivity index (χ0n) is 15.5. The molecule has 3 heteroatoms. The maximum absolute atomic E-state index is 6.24. The molecule has 0 spiro atoms. The van der Waals surface area contributed by atoms with Crippen LogP contribution >= 0.6 is 7.92 Å². The van der Waals surface area contributed by atoms with Crippen LogP contribution in [-0.2, 0) is 4.74 Å². The first-order valence-corrected chi connectivity index (χ1v) is 11.0. The molecular weight excluding hydrogens is 349 g/mol. The third-order valence-corrected chi connectivity index (χ3v) is 7.44. The molecule has 4 rings (SSSR count). The van der Waals surface area contributed by atoms with Crippen LogP contribution in [0.4, 0.5) is 0 Å². The highest BCUT2D eigenvalue weighted by atomic mass is 31.1. The molecule has 0 bridgehead atoms. The molecule has 27 heavy (non-hydrogen) atoms. The second-order valence-electron chi connectivity index (χ2n) is 6.67. The zero-order valence-corrected chi connectivity index (χ0v) is 16.4. The van der Waals surface area contributed by atoms with E-state index < -0.39 is 7.92 Å². The summed E-state index contributed by atoms with van der Waals surface area (Å²) in [6, 6.07) is 32.3. The van der Waals surface area contributed by atoms with E-state index in [1.54, 1.807) is 0 Å². The van der Waals surface area contributed by atoms with Crippen molar-refractivity contribution in [3.8, 4) is 0 Å². The third-order valence-electron chi connectivity index (χ3n) is 4.86. The fraction of sp³-hybridized carbons (Fsp3) is 0.208. The molecular formula is C24H24NOP. The third kappa shape index (κ3) is 4.12. The smallest absolute Gasteiger partial charge is 0.184 e. The van der Waals surface area contributed by atoms with Gasteiger partial charge in [0.15, 0.2) is 5.90 Å². The van der Waals surface area contributed by atoms with E-state index in [0.717, 1.165) is 18.5 Å². The monoisotopic (exact) mass is 373 g/mol. The van der Waals surface area contributed by atoms with Gasteiger partial charge < -0.3 is 4.74 Å². The Bertz CT molecular complexity index is 841. The summed E-state index contributed by atoms with van der Waals surface area (Å²) in [5.41, 5.74) is 1.21. The van der Waals surface area contributed by atoms with E-state index in [1.807, 2.05) is 0 Å². The van der Waals surface area contributed by atoms with Gasteiger partial charge in [-0.15, -0.1) is 0 Å². The van der Waals surface area contributed by atoms with Crippen molar-refractivity contribution in [1.29, 1.82) is 0 Å². The summed E-state index contributed by atoms with van der Waals surface area (Å²) in [5, 5.41) is 2.79. The van der Waals surface area contributed by atoms with E-state index in [9.17, 15) is 0 Å². The fourth-order valence-corrected chi connectivity index (χ4v) is 5.95. The van der Waals surface area contributed by atoms with Crippen molar-refractivity contribution >= 4 is 24.4 Å². The molecule has 0 radical (unpaired) electrons. The molecule has 1 heterocycles. The van der Waals surface area contributed by atoms with Gasteiger partial charge in [0.25, 0.3) is 0 Å². The summed E-state index contributed by atoms with van der Waals surface area (Å²) in [5.74, 6) is 0.880. The molecule has 3 aromatic carbocycles. The van der Waals surface area contributed by atoms with Gasteiger partial charge >= 0.3 is 0 Å². The summed E-state index contributed by atoms with van der Waals surface area (Å²) >= 11 is 0. The van der Waals surface area contributed by atoms with Gasteiger partial charge in [-0.25, -0.2) is 4.99 Å². The highest BCUT2D eigenvalue weighted by Gasteiger charge is 2.34. The number of hydrogen-bond acceptors (Lipinski definition) is 2. The summed E-state index contributed by atoms with van der Waals surface area (Å²) in [6.45, 7) is 2.11. The Labute approximate surface area is 162 Å². The van der Waals surface area contributed by atoms with Gasteiger partial charge in [-0.05, 0) is 24.1 Å². The first kappa shape index (κ1) is 17.9. The van der Waals surface area contributed by atoms with E-state index in [-0.39, 0.29) is 12.1 Å². The molecule has 0 unspecified atom stereocenters. The van der Waals surface area contributed by atoms with E-state index in [2.05, 4.69) is 97.9 Å². The normalized spacial score (nSPS) is 19.0. The topological polar surface area (TPSA) is 21.6 Å². The lowest BCUT2D eigenvalue weighted by Gasteiger charge is -2.24. The molecule has 0 aliphatic carbocycles. The molecule has 0 amide bonds. The van der Waals surface area contributed by atoms with E-state index in [1.165, 1.54) is 16.2 Å². The van der Waals surface area contributed by atoms with Crippen LogP contribution in [0.25, 0.3) is 0 Å². The lowest BCUT2D eigenvalue weighted by atomic mass is 10.0. The molecule has 136 valence electrons. The molecule has 0 saturated heterocycles. The highest BCUT2D eigenvalue weighted by Crippen LogP contribution is 2.41. The van der Waals surface area contributed by atoms with E-state index >= 15 is 0 Å². The summed E-state index contributed by atoms with van der Waals surface area (Å²) < 4.78 is 6.24. The Morgan fingerprint density at radius 2 is 1.30 bits per heavy atom. The number of benzene rings is 3. The van der Waals surface area contributed by atoms with Gasteiger partial charge in [0.2, 0.25) is 0 Å². The minimum atomic E-state index is -0.490. The number of rotatable bonds is 6. The van der Waals surface area contributed by atoms with Gasteiger partial charge in [-0.2, -0.15) is 0 Å². The summed E-state index contributed by atoms with van der Waals surface area (Å²) in [6.07, 6.45) is 1.85. The average molecular weight is 373 g/mol. The van der Waals surface area contributed by atoms with Gasteiger partial charge in [0, 0.05) is 12.6 Å². The van der Waals surface area contributed by atoms with Gasteiger partial charge in [0.05, 0.1) is 6.04 Å². The zero-order chi connectivity index (χ0) is 18.5. The molecule has 0 saturated carbocycles. The van der Waals surface area contributed by atoms with Gasteiger partial charge in [-0.1, -0.05) is 97.9 Å². The maximum Gasteiger partial charge on any atom is 0.184 e. The second-order valence-corrected chi connectivity index (χ2v) is 8.93. The first-order valence-electron chi connectivity index (χ1n) is 9.51. The number of hydrogen-bond donors (Lipinski definition) is 0. The summed E-state index contributed by atoms with van der Waals surface area (Å²) in [7, 11) is -0.490. The van der Waals surface area contributed by atoms with E-state index in [4.69, 9.17) is 9.73 Å². The molecule has 1 aliphatic rings. The Morgan fingerprint density at radius 1 is 0.778 bits per heavy atom. The van der Waals surface area contributed by atoms with Crippen molar-refractivity contribution < 1.29 is 4.74 Å². The van der Waals surface area contributed by atoms with Crippen LogP contribution in [0.2, 0.25) is 0 Å². The Hall–Kier alpha value is -2.44. The van der Waals surface area contributed by atoms with Crippen LogP contribution in [0, 0.1) is 0 Å². The van der Waals surface area contributed by atoms with Crippen molar-refractivity contribution in [3.05, 3.63) is 96.6 Å². The van der Waals surface area contributed by atoms with Crippen molar-refractivity contribution in [2.24, 2.45) is 4.99 Å². The Kier molecular flexibility index (Phi) is 5.65. The van der Waals surface area contributed by atoms with Crippen molar-refractivity contribution in [2.75, 3.05) is 6.16 Å². The molecule has 0 aromatic heterocycles. The summed E-state index contributed by atoms with van der Waals surface area (Å²) in [4.78, 5) is 4.97. The van der Waals surface area contributed by atoms with Crippen LogP contribution in [0.15, 0.2) is 96.0 Å². The standard InChI is InChI=1S/C24H24NOP/c1-2-23-25-22(24(26-23)19-12-6-3-7-13-19)18-27(20-14-8-4-9-15-20)21-16-10-5-11-17-21/h3-17,22,24H,2,18H2,1H3/t22-,24-/m1/s1. The second kappa shape index (κ2) is 8.50. The Balaban J connectivity index is 1.67. The number of ether oxygens (including phenoxy) is 1. The van der Waals surface area contributed by atoms with Crippen molar-refractivity contribution in [3.63, 3.8) is 0 Å². The molecule has 1 aliphatic heterocycles. The lowest BCUT2D eigenvalue weighted by Crippen LogP contribution is -2.24.